The Morgan fingerprint density at radius 2 is 1.46 bits per heavy atom. The van der Waals surface area contributed by atoms with Gasteiger partial charge in [-0.3, -0.25) is 11.7 Å². The average Bonchev–Trinajstić information content (AvgIpc) is 2.07. The molecule has 0 heterocycles. The van der Waals surface area contributed by atoms with Crippen molar-refractivity contribution >= 4 is 10.0 Å². The Morgan fingerprint density at radius 1 is 1.08 bits per heavy atom. The van der Waals surface area contributed by atoms with Crippen molar-refractivity contribution in [2.24, 2.45) is 16.8 Å². The van der Waals surface area contributed by atoms with Crippen LogP contribution in [0.5, 0.6) is 0 Å². The van der Waals surface area contributed by atoms with Crippen molar-refractivity contribution < 1.29 is 8.42 Å². The molecule has 0 aliphatic carbocycles. The quantitative estimate of drug-likeness (QED) is 0.420. The molecule has 0 unspecified atom stereocenters. The highest BCUT2D eigenvalue weighted by atomic mass is 32.2. The molecule has 74 valence electrons. The van der Waals surface area contributed by atoms with Crippen molar-refractivity contribution in [2.45, 2.75) is 11.8 Å². The van der Waals surface area contributed by atoms with E-state index < -0.39 is 10.0 Å². The molecule has 0 bridgehead atoms. The Morgan fingerprint density at radius 3 is 1.77 bits per heavy atom. The number of benzene rings is 1. The van der Waals surface area contributed by atoms with Gasteiger partial charge in [-0.15, -0.1) is 0 Å². The van der Waals surface area contributed by atoms with Gasteiger partial charge in [0, 0.05) is 0 Å². The maximum atomic E-state index is 10.7. The highest BCUT2D eigenvalue weighted by molar-refractivity contribution is 7.89. The largest absolute Gasteiger partial charge is 0.274 e. The van der Waals surface area contributed by atoms with E-state index in [2.05, 4.69) is 11.7 Å². The molecule has 0 saturated carbocycles. The first-order valence-electron chi connectivity index (χ1n) is 3.43. The second-order valence-electron chi connectivity index (χ2n) is 2.36. The molecule has 13 heavy (non-hydrogen) atoms. The lowest BCUT2D eigenvalue weighted by Gasteiger charge is -1.96. The van der Waals surface area contributed by atoms with E-state index in [9.17, 15) is 8.42 Å². The minimum absolute atomic E-state index is 0.156. The second kappa shape index (κ2) is 4.93. The molecule has 1 rings (SSSR count). The van der Waals surface area contributed by atoms with Gasteiger partial charge >= 0.3 is 0 Å². The molecule has 1 aromatic rings. The summed E-state index contributed by atoms with van der Waals surface area (Å²) >= 11 is 0. The van der Waals surface area contributed by atoms with Crippen molar-refractivity contribution in [3.63, 3.8) is 0 Å². The van der Waals surface area contributed by atoms with E-state index in [0.717, 1.165) is 5.56 Å². The molecule has 0 radical (unpaired) electrons. The zero-order valence-corrected chi connectivity index (χ0v) is 8.08. The molecule has 6 N–H and O–H groups in total. The lowest BCUT2D eigenvalue weighted by atomic mass is 10.2. The van der Waals surface area contributed by atoms with Crippen molar-refractivity contribution in [3.05, 3.63) is 29.8 Å². The summed E-state index contributed by atoms with van der Waals surface area (Å²) in [4.78, 5) is 0.156. The number of rotatable bonds is 1. The van der Waals surface area contributed by atoms with Crippen LogP contribution in [0.1, 0.15) is 5.56 Å². The van der Waals surface area contributed by atoms with Gasteiger partial charge in [0.05, 0.1) is 4.90 Å². The fourth-order valence-corrected chi connectivity index (χ4v) is 1.24. The summed E-state index contributed by atoms with van der Waals surface area (Å²) < 4.78 is 21.4. The van der Waals surface area contributed by atoms with Gasteiger partial charge in [0.15, 0.2) is 0 Å². The van der Waals surface area contributed by atoms with E-state index in [1.54, 1.807) is 12.1 Å². The number of aryl methyl sites for hydroxylation is 1. The summed E-state index contributed by atoms with van der Waals surface area (Å²) in [5, 5.41) is 4.88. The van der Waals surface area contributed by atoms with Gasteiger partial charge < -0.3 is 0 Å². The molecule has 0 amide bonds. The molecule has 0 saturated heterocycles. The van der Waals surface area contributed by atoms with E-state index in [1.807, 2.05) is 6.92 Å². The Labute approximate surface area is 77.6 Å². The van der Waals surface area contributed by atoms with Crippen molar-refractivity contribution in [3.8, 4) is 0 Å². The van der Waals surface area contributed by atoms with Crippen LogP contribution in [0, 0.1) is 6.92 Å². The Kier molecular flexibility index (Phi) is 4.57. The summed E-state index contributed by atoms with van der Waals surface area (Å²) in [5.41, 5.74) is 1.01. The summed E-state index contributed by atoms with van der Waals surface area (Å²) in [6.07, 6.45) is 0. The van der Waals surface area contributed by atoms with Crippen LogP contribution in [0.2, 0.25) is 0 Å². The van der Waals surface area contributed by atoms with Gasteiger partial charge in [-0.05, 0) is 19.1 Å². The molecule has 0 atom stereocenters. The molecular weight excluding hydrogens is 190 g/mol. The SMILES string of the molecule is Cc1ccc(S(N)(=O)=O)cc1.NN. The predicted octanol–water partition coefficient (Wildman–Crippen LogP) is -0.539. The summed E-state index contributed by atoms with van der Waals surface area (Å²) in [6.45, 7) is 1.88. The van der Waals surface area contributed by atoms with Gasteiger partial charge in [0.2, 0.25) is 10.0 Å². The normalized spacial score (nSPS) is 10.2. The molecule has 0 spiro atoms. The monoisotopic (exact) mass is 203 g/mol. The Balaban J connectivity index is 0.000000671. The van der Waals surface area contributed by atoms with Crippen molar-refractivity contribution in [1.82, 2.24) is 0 Å². The number of primary sulfonamides is 1. The summed E-state index contributed by atoms with van der Waals surface area (Å²) in [5.74, 6) is 8.00. The molecule has 0 aliphatic rings. The summed E-state index contributed by atoms with van der Waals surface area (Å²) in [6, 6.07) is 6.40. The predicted molar refractivity (Wildman–Crippen MR) is 50.9 cm³/mol. The van der Waals surface area contributed by atoms with E-state index in [4.69, 9.17) is 5.14 Å². The first-order valence-corrected chi connectivity index (χ1v) is 4.97. The lowest BCUT2D eigenvalue weighted by molar-refractivity contribution is 0.598. The minimum atomic E-state index is -3.52. The fraction of sp³-hybridized carbons (Fsp3) is 0.143. The third kappa shape index (κ3) is 4.00. The smallest absolute Gasteiger partial charge is 0.238 e. The topological polar surface area (TPSA) is 112 Å². The van der Waals surface area contributed by atoms with Crippen molar-refractivity contribution in [2.75, 3.05) is 0 Å². The number of hydrogen-bond donors (Lipinski definition) is 3. The molecule has 0 aromatic heterocycles. The van der Waals surface area contributed by atoms with Gasteiger partial charge in [0.1, 0.15) is 0 Å². The van der Waals surface area contributed by atoms with E-state index >= 15 is 0 Å². The minimum Gasteiger partial charge on any atom is -0.274 e. The van der Waals surface area contributed by atoms with Gasteiger partial charge in [-0.25, -0.2) is 13.6 Å². The maximum Gasteiger partial charge on any atom is 0.238 e. The van der Waals surface area contributed by atoms with Crippen LogP contribution in [-0.4, -0.2) is 8.42 Å². The molecule has 5 nitrogen and oxygen atoms in total. The first kappa shape index (κ1) is 12.0. The molecular formula is C7H13N3O2S. The van der Waals surface area contributed by atoms with Crippen LogP contribution in [0.3, 0.4) is 0 Å². The first-order chi connectivity index (χ1) is 6.00. The highest BCUT2D eigenvalue weighted by Crippen LogP contribution is 2.06. The van der Waals surface area contributed by atoms with Crippen molar-refractivity contribution in [1.29, 1.82) is 0 Å². The van der Waals surface area contributed by atoms with Crippen LogP contribution >= 0.6 is 0 Å². The third-order valence-corrected chi connectivity index (χ3v) is 2.28. The zero-order valence-electron chi connectivity index (χ0n) is 7.27. The standard InChI is InChI=1S/C7H9NO2S.H4N2/c1-6-2-4-7(5-3-6)11(8,9)10;1-2/h2-5H,1H3,(H2,8,9,10);1-2H2. The van der Waals surface area contributed by atoms with Crippen LogP contribution in [0.25, 0.3) is 0 Å². The van der Waals surface area contributed by atoms with E-state index in [-0.39, 0.29) is 4.90 Å². The number of hydrazine groups is 1. The third-order valence-electron chi connectivity index (χ3n) is 1.35. The van der Waals surface area contributed by atoms with E-state index in [0.29, 0.717) is 0 Å². The van der Waals surface area contributed by atoms with Gasteiger partial charge in [-0.2, -0.15) is 0 Å². The second-order valence-corrected chi connectivity index (χ2v) is 3.92. The Bertz CT molecular complexity index is 345. The van der Waals surface area contributed by atoms with E-state index in [1.165, 1.54) is 12.1 Å². The van der Waals surface area contributed by atoms with Crippen LogP contribution in [0.4, 0.5) is 0 Å². The van der Waals surface area contributed by atoms with Gasteiger partial charge in [-0.1, -0.05) is 17.7 Å². The highest BCUT2D eigenvalue weighted by Gasteiger charge is 2.04. The zero-order chi connectivity index (χ0) is 10.5. The molecule has 0 aliphatic heterocycles. The van der Waals surface area contributed by atoms with Gasteiger partial charge in [0.25, 0.3) is 0 Å². The number of nitrogens with two attached hydrogens (primary N) is 3. The summed E-state index contributed by atoms with van der Waals surface area (Å²) in [7, 11) is -3.52. The van der Waals surface area contributed by atoms with Crippen LogP contribution < -0.4 is 16.8 Å². The molecule has 1 aromatic carbocycles. The van der Waals surface area contributed by atoms with Crippen LogP contribution in [-0.2, 0) is 10.0 Å². The lowest BCUT2D eigenvalue weighted by Crippen LogP contribution is -2.11. The number of hydrogen-bond acceptors (Lipinski definition) is 4. The fourth-order valence-electron chi connectivity index (χ4n) is 0.728. The molecule has 6 heteroatoms. The average molecular weight is 203 g/mol. The molecule has 0 fully saturated rings. The number of sulfonamides is 1. The van der Waals surface area contributed by atoms with Crippen LogP contribution in [0.15, 0.2) is 29.2 Å². The maximum absolute atomic E-state index is 10.7. The Hall–Kier alpha value is -0.950.